The Kier molecular flexibility index (Phi) is 5.21. The predicted molar refractivity (Wildman–Crippen MR) is 85.1 cm³/mol. The lowest BCUT2D eigenvalue weighted by atomic mass is 10.0. The van der Waals surface area contributed by atoms with Crippen molar-refractivity contribution in [2.24, 2.45) is 0 Å². The van der Waals surface area contributed by atoms with Crippen LogP contribution in [0.2, 0.25) is 0 Å². The number of piperidine rings is 1. The molecular weight excluding hydrogens is 248 g/mol. The summed E-state index contributed by atoms with van der Waals surface area (Å²) in [5.74, 6) is 0. The number of benzene rings is 1. The molecule has 0 spiro atoms. The van der Waals surface area contributed by atoms with E-state index < -0.39 is 0 Å². The third kappa shape index (κ3) is 3.84. The highest BCUT2D eigenvalue weighted by atomic mass is 16.3. The molecule has 0 saturated carbocycles. The van der Waals surface area contributed by atoms with Gasteiger partial charge >= 0.3 is 0 Å². The van der Waals surface area contributed by atoms with Crippen molar-refractivity contribution in [1.29, 1.82) is 0 Å². The van der Waals surface area contributed by atoms with Crippen molar-refractivity contribution in [2.75, 3.05) is 18.0 Å². The van der Waals surface area contributed by atoms with Crippen molar-refractivity contribution in [3.05, 3.63) is 42.5 Å². The van der Waals surface area contributed by atoms with E-state index >= 15 is 0 Å². The maximum atomic E-state index is 9.56. The highest BCUT2D eigenvalue weighted by molar-refractivity contribution is 5.48. The largest absolute Gasteiger partial charge is 0.393 e. The Morgan fingerprint density at radius 1 is 1.25 bits per heavy atom. The second-order valence-electron chi connectivity index (χ2n) is 5.72. The minimum absolute atomic E-state index is 0.116. The number of nitrogens with one attached hydrogen (secondary N) is 1. The molecule has 20 heavy (non-hydrogen) atoms. The molecule has 110 valence electrons. The van der Waals surface area contributed by atoms with Gasteiger partial charge in [-0.25, -0.2) is 0 Å². The first-order valence-electron chi connectivity index (χ1n) is 7.51. The Labute approximate surface area is 122 Å². The van der Waals surface area contributed by atoms with Gasteiger partial charge in [0.15, 0.2) is 0 Å². The summed E-state index contributed by atoms with van der Waals surface area (Å²) in [7, 11) is 0. The lowest BCUT2D eigenvalue weighted by Crippen LogP contribution is -2.35. The van der Waals surface area contributed by atoms with Crippen molar-refractivity contribution >= 4 is 5.69 Å². The topological polar surface area (TPSA) is 35.5 Å². The number of hydrogen-bond donors (Lipinski definition) is 2. The van der Waals surface area contributed by atoms with Gasteiger partial charge in [0.2, 0.25) is 0 Å². The van der Waals surface area contributed by atoms with Crippen LogP contribution in [-0.2, 0) is 0 Å². The van der Waals surface area contributed by atoms with Crippen LogP contribution in [0.3, 0.4) is 0 Å². The van der Waals surface area contributed by atoms with Crippen LogP contribution >= 0.6 is 0 Å². The predicted octanol–water partition coefficient (Wildman–Crippen LogP) is 2.87. The molecule has 0 aliphatic carbocycles. The Bertz CT molecular complexity index is 421. The van der Waals surface area contributed by atoms with E-state index in [0.717, 1.165) is 25.9 Å². The number of aliphatic hydroxyl groups is 1. The van der Waals surface area contributed by atoms with Crippen molar-refractivity contribution in [3.63, 3.8) is 0 Å². The summed E-state index contributed by atoms with van der Waals surface area (Å²) in [6, 6.07) is 9.38. The molecular formula is C17H26N2O. The smallest absolute Gasteiger partial charge is 0.0574 e. The van der Waals surface area contributed by atoms with Gasteiger partial charge in [0.1, 0.15) is 0 Å². The first-order valence-corrected chi connectivity index (χ1v) is 7.51. The van der Waals surface area contributed by atoms with Gasteiger partial charge in [-0.05, 0) is 44.4 Å². The standard InChI is InChI=1S/C17H26N2O/c1-4-13(2)18-14(3)15-5-7-16(8-6-15)19-11-9-17(20)10-12-19/h4-8,13-14,17-18,20H,1,9-12H2,2-3H3. The van der Waals surface area contributed by atoms with Crippen LogP contribution in [0.1, 0.15) is 38.3 Å². The van der Waals surface area contributed by atoms with Crippen molar-refractivity contribution in [2.45, 2.75) is 44.9 Å². The van der Waals surface area contributed by atoms with E-state index in [2.05, 4.69) is 54.9 Å². The summed E-state index contributed by atoms with van der Waals surface area (Å²) in [6.07, 6.45) is 3.55. The maximum absolute atomic E-state index is 9.56. The van der Waals surface area contributed by atoms with Gasteiger partial charge in [-0.1, -0.05) is 18.2 Å². The van der Waals surface area contributed by atoms with Gasteiger partial charge in [0.05, 0.1) is 6.10 Å². The van der Waals surface area contributed by atoms with Crippen LogP contribution in [0, 0.1) is 0 Å². The van der Waals surface area contributed by atoms with E-state index in [1.807, 2.05) is 6.08 Å². The van der Waals surface area contributed by atoms with Crippen molar-refractivity contribution in [3.8, 4) is 0 Å². The average molecular weight is 274 g/mol. The number of hydrogen-bond acceptors (Lipinski definition) is 3. The van der Waals surface area contributed by atoms with Crippen LogP contribution in [0.15, 0.2) is 36.9 Å². The number of nitrogens with zero attached hydrogens (tertiary/aromatic N) is 1. The quantitative estimate of drug-likeness (QED) is 0.810. The second kappa shape index (κ2) is 6.91. The molecule has 2 unspecified atom stereocenters. The molecule has 1 aliphatic heterocycles. The average Bonchev–Trinajstić information content (AvgIpc) is 2.48. The molecule has 3 nitrogen and oxygen atoms in total. The molecule has 0 bridgehead atoms. The van der Waals surface area contributed by atoms with E-state index in [4.69, 9.17) is 0 Å². The Morgan fingerprint density at radius 3 is 2.40 bits per heavy atom. The van der Waals surface area contributed by atoms with E-state index in [9.17, 15) is 5.11 Å². The van der Waals surface area contributed by atoms with Gasteiger partial charge in [-0.15, -0.1) is 6.58 Å². The third-order valence-electron chi connectivity index (χ3n) is 4.09. The fourth-order valence-electron chi connectivity index (χ4n) is 2.66. The molecule has 1 aromatic rings. The van der Waals surface area contributed by atoms with E-state index in [0.29, 0.717) is 12.1 Å². The van der Waals surface area contributed by atoms with Gasteiger partial charge in [-0.3, -0.25) is 0 Å². The normalized spacial score (nSPS) is 19.6. The molecule has 0 radical (unpaired) electrons. The van der Waals surface area contributed by atoms with Crippen molar-refractivity contribution < 1.29 is 5.11 Å². The summed E-state index contributed by atoms with van der Waals surface area (Å²) in [5.41, 5.74) is 2.55. The highest BCUT2D eigenvalue weighted by Gasteiger charge is 2.17. The fraction of sp³-hybridized carbons (Fsp3) is 0.529. The second-order valence-corrected chi connectivity index (χ2v) is 5.72. The van der Waals surface area contributed by atoms with Crippen LogP contribution in [0.25, 0.3) is 0 Å². The SMILES string of the molecule is C=CC(C)NC(C)c1ccc(N2CCC(O)CC2)cc1. The summed E-state index contributed by atoms with van der Waals surface area (Å²) in [4.78, 5) is 2.35. The van der Waals surface area contributed by atoms with Crippen molar-refractivity contribution in [1.82, 2.24) is 5.32 Å². The van der Waals surface area contributed by atoms with Gasteiger partial charge in [-0.2, -0.15) is 0 Å². The first kappa shape index (κ1) is 15.1. The minimum atomic E-state index is -0.116. The molecule has 2 rings (SSSR count). The summed E-state index contributed by atoms with van der Waals surface area (Å²) >= 11 is 0. The van der Waals surface area contributed by atoms with Crippen LogP contribution in [0.5, 0.6) is 0 Å². The zero-order valence-corrected chi connectivity index (χ0v) is 12.5. The van der Waals surface area contributed by atoms with Crippen LogP contribution in [0.4, 0.5) is 5.69 Å². The third-order valence-corrected chi connectivity index (χ3v) is 4.09. The summed E-state index contributed by atoms with van der Waals surface area (Å²) in [6.45, 7) is 9.97. The molecule has 1 aliphatic rings. The zero-order valence-electron chi connectivity index (χ0n) is 12.5. The monoisotopic (exact) mass is 274 g/mol. The molecule has 1 fully saturated rings. The minimum Gasteiger partial charge on any atom is -0.393 e. The van der Waals surface area contributed by atoms with E-state index in [1.165, 1.54) is 11.3 Å². The lowest BCUT2D eigenvalue weighted by molar-refractivity contribution is 0.145. The Hall–Kier alpha value is -1.32. The van der Waals surface area contributed by atoms with E-state index in [1.54, 1.807) is 0 Å². The van der Waals surface area contributed by atoms with Crippen LogP contribution < -0.4 is 10.2 Å². The van der Waals surface area contributed by atoms with Gasteiger partial charge in [0, 0.05) is 30.9 Å². The number of anilines is 1. The summed E-state index contributed by atoms with van der Waals surface area (Å²) in [5, 5.41) is 13.0. The zero-order chi connectivity index (χ0) is 14.5. The Balaban J connectivity index is 1.97. The van der Waals surface area contributed by atoms with Gasteiger partial charge in [0.25, 0.3) is 0 Å². The summed E-state index contributed by atoms with van der Waals surface area (Å²) < 4.78 is 0. The lowest BCUT2D eigenvalue weighted by Gasteiger charge is -2.31. The molecule has 1 heterocycles. The Morgan fingerprint density at radius 2 is 1.85 bits per heavy atom. The van der Waals surface area contributed by atoms with E-state index in [-0.39, 0.29) is 6.10 Å². The number of aliphatic hydroxyl groups excluding tert-OH is 1. The molecule has 3 heteroatoms. The molecule has 1 saturated heterocycles. The molecule has 0 aromatic heterocycles. The molecule has 0 amide bonds. The van der Waals surface area contributed by atoms with Gasteiger partial charge < -0.3 is 15.3 Å². The fourth-order valence-corrected chi connectivity index (χ4v) is 2.66. The van der Waals surface area contributed by atoms with Crippen LogP contribution in [-0.4, -0.2) is 30.3 Å². The maximum Gasteiger partial charge on any atom is 0.0574 e. The molecule has 2 atom stereocenters. The molecule has 1 aromatic carbocycles. The number of rotatable bonds is 5. The first-order chi connectivity index (χ1) is 9.60. The highest BCUT2D eigenvalue weighted by Crippen LogP contribution is 2.22. The molecule has 2 N–H and O–H groups in total.